The summed E-state index contributed by atoms with van der Waals surface area (Å²) in [4.78, 5) is 28.9. The van der Waals surface area contributed by atoms with E-state index in [0.717, 1.165) is 22.3 Å². The van der Waals surface area contributed by atoms with Crippen molar-refractivity contribution in [3.8, 4) is 0 Å². The Labute approximate surface area is 218 Å². The van der Waals surface area contributed by atoms with Gasteiger partial charge in [0.15, 0.2) is 0 Å². The normalized spacial score (nSPS) is 11.8. The van der Waals surface area contributed by atoms with Crippen LogP contribution in [0.25, 0.3) is 0 Å². The molecule has 0 spiro atoms. The molecule has 184 valence electrons. The second-order valence-corrected chi connectivity index (χ2v) is 10.0. The van der Waals surface area contributed by atoms with Crippen LogP contribution in [0.4, 0.5) is 0 Å². The summed E-state index contributed by atoms with van der Waals surface area (Å²) >= 11 is 12.6. The van der Waals surface area contributed by atoms with Crippen LogP contribution in [0.15, 0.2) is 72.8 Å². The summed E-state index contributed by atoms with van der Waals surface area (Å²) in [6.45, 7) is 6.81. The lowest BCUT2D eigenvalue weighted by atomic mass is 10.00. The van der Waals surface area contributed by atoms with Crippen LogP contribution in [-0.4, -0.2) is 29.3 Å². The second kappa shape index (κ2) is 12.8. The Bertz CT molecular complexity index is 1150. The van der Waals surface area contributed by atoms with E-state index in [4.69, 9.17) is 23.2 Å². The summed E-state index contributed by atoms with van der Waals surface area (Å²) in [7, 11) is 0. The van der Waals surface area contributed by atoms with Gasteiger partial charge in [-0.3, -0.25) is 9.59 Å². The zero-order valence-electron chi connectivity index (χ0n) is 20.4. The van der Waals surface area contributed by atoms with Gasteiger partial charge in [-0.1, -0.05) is 97.7 Å². The van der Waals surface area contributed by atoms with E-state index in [2.05, 4.69) is 5.32 Å². The quantitative estimate of drug-likeness (QED) is 0.350. The number of aryl methyl sites for hydroxylation is 1. The van der Waals surface area contributed by atoms with Gasteiger partial charge in [0.1, 0.15) is 6.04 Å². The zero-order chi connectivity index (χ0) is 25.4. The van der Waals surface area contributed by atoms with E-state index in [1.807, 2.05) is 81.4 Å². The van der Waals surface area contributed by atoms with Gasteiger partial charge in [0.05, 0.1) is 6.42 Å². The molecular weight excluding hydrogens is 479 g/mol. The molecule has 3 aromatic carbocycles. The first-order chi connectivity index (χ1) is 16.7. The number of hydrogen-bond acceptors (Lipinski definition) is 2. The molecule has 0 saturated heterocycles. The third kappa shape index (κ3) is 7.84. The second-order valence-electron chi connectivity index (χ2n) is 9.21. The Kier molecular flexibility index (Phi) is 9.76. The molecule has 4 nitrogen and oxygen atoms in total. The van der Waals surface area contributed by atoms with Crippen LogP contribution in [0.3, 0.4) is 0 Å². The Balaban J connectivity index is 2.00. The molecule has 6 heteroatoms. The number of nitrogens with zero attached hydrogens (tertiary/aromatic N) is 1. The third-order valence-corrected chi connectivity index (χ3v) is 6.50. The number of benzene rings is 3. The Morgan fingerprint density at radius 2 is 1.60 bits per heavy atom. The lowest BCUT2D eigenvalue weighted by molar-refractivity contribution is -0.140. The Morgan fingerprint density at radius 3 is 2.26 bits per heavy atom. The number of halogens is 2. The van der Waals surface area contributed by atoms with Crippen LogP contribution < -0.4 is 5.32 Å². The number of amides is 2. The molecule has 0 aliphatic rings. The summed E-state index contributed by atoms with van der Waals surface area (Å²) in [5.41, 5.74) is 3.69. The highest BCUT2D eigenvalue weighted by atomic mass is 35.5. The van der Waals surface area contributed by atoms with Crippen molar-refractivity contribution in [3.05, 3.63) is 105 Å². The minimum atomic E-state index is -0.695. The molecule has 0 aromatic heterocycles. The fraction of sp³-hybridized carbons (Fsp3) is 0.310. The Hall–Kier alpha value is -2.82. The van der Waals surface area contributed by atoms with Crippen molar-refractivity contribution in [2.45, 2.75) is 46.2 Å². The summed E-state index contributed by atoms with van der Waals surface area (Å²) in [5, 5.41) is 4.02. The standard InChI is InChI=1S/C29H32Cl2N2O2/c1-20(2)18-32-29(35)27(15-22-10-5-4-6-11-22)33(19-24-13-14-25(30)17-26(24)31)28(34)16-23-12-8-7-9-21(23)3/h4-14,17,20,27H,15-16,18-19H2,1-3H3,(H,32,35)/t27-/m0/s1. The monoisotopic (exact) mass is 510 g/mol. The van der Waals surface area contributed by atoms with Crippen LogP contribution in [0.1, 0.15) is 36.1 Å². The highest BCUT2D eigenvalue weighted by molar-refractivity contribution is 6.35. The van der Waals surface area contributed by atoms with Crippen LogP contribution in [-0.2, 0) is 29.0 Å². The van der Waals surface area contributed by atoms with Gasteiger partial charge in [0.2, 0.25) is 11.8 Å². The molecule has 3 rings (SSSR count). The number of hydrogen-bond donors (Lipinski definition) is 1. The highest BCUT2D eigenvalue weighted by Crippen LogP contribution is 2.25. The van der Waals surface area contributed by atoms with E-state index in [1.54, 1.807) is 17.0 Å². The summed E-state index contributed by atoms with van der Waals surface area (Å²) in [6, 6.07) is 22.1. The molecule has 0 heterocycles. The topological polar surface area (TPSA) is 49.4 Å². The Morgan fingerprint density at radius 1 is 0.914 bits per heavy atom. The molecule has 35 heavy (non-hydrogen) atoms. The van der Waals surface area contributed by atoms with Crippen molar-refractivity contribution in [1.82, 2.24) is 10.2 Å². The van der Waals surface area contributed by atoms with Gasteiger partial charge < -0.3 is 10.2 Å². The predicted molar refractivity (Wildman–Crippen MR) is 144 cm³/mol. The first kappa shape index (κ1) is 26.8. The average molecular weight is 511 g/mol. The SMILES string of the molecule is Cc1ccccc1CC(=O)N(Cc1ccc(Cl)cc1Cl)[C@@H](Cc1ccccc1)C(=O)NCC(C)C. The van der Waals surface area contributed by atoms with Gasteiger partial charge in [-0.2, -0.15) is 0 Å². The maximum atomic E-state index is 13.8. The van der Waals surface area contributed by atoms with Gasteiger partial charge in [0, 0.05) is 29.6 Å². The van der Waals surface area contributed by atoms with Gasteiger partial charge >= 0.3 is 0 Å². The average Bonchev–Trinajstić information content (AvgIpc) is 2.83. The van der Waals surface area contributed by atoms with Gasteiger partial charge in [-0.25, -0.2) is 0 Å². The molecule has 2 amide bonds. The van der Waals surface area contributed by atoms with Crippen molar-refractivity contribution in [1.29, 1.82) is 0 Å². The molecular formula is C29H32Cl2N2O2. The van der Waals surface area contributed by atoms with E-state index in [9.17, 15) is 9.59 Å². The fourth-order valence-corrected chi connectivity index (χ4v) is 4.35. The number of carbonyl (C=O) groups excluding carboxylic acids is 2. The lowest BCUT2D eigenvalue weighted by Gasteiger charge is -2.32. The smallest absolute Gasteiger partial charge is 0.243 e. The van der Waals surface area contributed by atoms with Crippen LogP contribution >= 0.6 is 23.2 Å². The van der Waals surface area contributed by atoms with E-state index in [1.165, 1.54) is 0 Å². The predicted octanol–water partition coefficient (Wildman–Crippen LogP) is 6.26. The molecule has 0 radical (unpaired) electrons. The number of rotatable bonds is 10. The van der Waals surface area contributed by atoms with Crippen LogP contribution in [0.2, 0.25) is 10.0 Å². The molecule has 0 aliphatic heterocycles. The maximum absolute atomic E-state index is 13.8. The molecule has 3 aromatic rings. The fourth-order valence-electron chi connectivity index (χ4n) is 3.88. The number of nitrogens with one attached hydrogen (secondary N) is 1. The van der Waals surface area contributed by atoms with Crippen LogP contribution in [0, 0.1) is 12.8 Å². The van der Waals surface area contributed by atoms with Gasteiger partial charge in [-0.15, -0.1) is 0 Å². The molecule has 1 N–H and O–H groups in total. The minimum Gasteiger partial charge on any atom is -0.354 e. The van der Waals surface area contributed by atoms with E-state index >= 15 is 0 Å². The molecule has 0 bridgehead atoms. The molecule has 0 aliphatic carbocycles. The number of carbonyl (C=O) groups is 2. The lowest BCUT2D eigenvalue weighted by Crippen LogP contribution is -2.51. The van der Waals surface area contributed by atoms with Crippen molar-refractivity contribution in [2.75, 3.05) is 6.54 Å². The van der Waals surface area contributed by atoms with Crippen molar-refractivity contribution in [3.63, 3.8) is 0 Å². The van der Waals surface area contributed by atoms with Crippen molar-refractivity contribution < 1.29 is 9.59 Å². The van der Waals surface area contributed by atoms with E-state index in [-0.39, 0.29) is 30.7 Å². The first-order valence-electron chi connectivity index (χ1n) is 11.8. The summed E-state index contributed by atoms with van der Waals surface area (Å²) in [6.07, 6.45) is 0.593. The molecule has 0 unspecified atom stereocenters. The maximum Gasteiger partial charge on any atom is 0.243 e. The largest absolute Gasteiger partial charge is 0.354 e. The van der Waals surface area contributed by atoms with Gasteiger partial charge in [-0.05, 0) is 47.2 Å². The zero-order valence-corrected chi connectivity index (χ0v) is 21.9. The molecule has 1 atom stereocenters. The van der Waals surface area contributed by atoms with Crippen molar-refractivity contribution >= 4 is 35.0 Å². The first-order valence-corrected chi connectivity index (χ1v) is 12.6. The highest BCUT2D eigenvalue weighted by Gasteiger charge is 2.31. The van der Waals surface area contributed by atoms with E-state index < -0.39 is 6.04 Å². The van der Waals surface area contributed by atoms with Crippen molar-refractivity contribution in [2.24, 2.45) is 5.92 Å². The van der Waals surface area contributed by atoms with Gasteiger partial charge in [0.25, 0.3) is 0 Å². The third-order valence-electron chi connectivity index (χ3n) is 5.91. The molecule has 0 fully saturated rings. The molecule has 0 saturated carbocycles. The van der Waals surface area contributed by atoms with E-state index in [0.29, 0.717) is 23.0 Å². The summed E-state index contributed by atoms with van der Waals surface area (Å²) in [5.74, 6) is -0.0186. The summed E-state index contributed by atoms with van der Waals surface area (Å²) < 4.78 is 0. The van der Waals surface area contributed by atoms with Crippen LogP contribution in [0.5, 0.6) is 0 Å². The minimum absolute atomic E-state index is 0.133.